The zero-order valence-corrected chi connectivity index (χ0v) is 16.0. The van der Waals surface area contributed by atoms with Gasteiger partial charge in [0.15, 0.2) is 0 Å². The number of benzene rings is 2. The summed E-state index contributed by atoms with van der Waals surface area (Å²) in [6.07, 6.45) is 2.13. The molecule has 3 rings (SSSR count). The summed E-state index contributed by atoms with van der Waals surface area (Å²) in [7, 11) is -3.62. The molecule has 0 radical (unpaired) electrons. The molecule has 1 heterocycles. The van der Waals surface area contributed by atoms with Crippen LogP contribution in [0.3, 0.4) is 0 Å². The maximum absolute atomic E-state index is 12.4. The van der Waals surface area contributed by atoms with Gasteiger partial charge in [-0.05, 0) is 42.3 Å². The van der Waals surface area contributed by atoms with Gasteiger partial charge in [-0.1, -0.05) is 30.3 Å². The van der Waals surface area contributed by atoms with Crippen molar-refractivity contribution >= 4 is 39.1 Å². The number of fused-ring (bicyclic) bond motifs is 1. The van der Waals surface area contributed by atoms with E-state index in [1.54, 1.807) is 18.2 Å². The van der Waals surface area contributed by atoms with E-state index in [4.69, 9.17) is 0 Å². The molecular formula is C18H24ClN3O3S. The highest BCUT2D eigenvalue weighted by Crippen LogP contribution is 2.18. The smallest absolute Gasteiger partial charge is 0.240 e. The van der Waals surface area contributed by atoms with Gasteiger partial charge in [0.1, 0.15) is 0 Å². The fraction of sp³-hybridized carbons (Fsp3) is 0.389. The van der Waals surface area contributed by atoms with Crippen molar-refractivity contribution in [2.75, 3.05) is 19.6 Å². The molecule has 0 aromatic heterocycles. The van der Waals surface area contributed by atoms with E-state index < -0.39 is 10.0 Å². The van der Waals surface area contributed by atoms with Gasteiger partial charge in [-0.15, -0.1) is 12.4 Å². The standard InChI is InChI=1S/C18H23N3O3S.ClH/c22-18(21-16-6-3-10-19-13-16)9-11-20-25(23,24)17-8-7-14-4-1-2-5-15(14)12-17;/h1-2,4-5,7-8,12,16,19-20H,3,6,9-11,13H2,(H,21,22);1H. The zero-order valence-electron chi connectivity index (χ0n) is 14.4. The Bertz CT molecular complexity index is 852. The van der Waals surface area contributed by atoms with Crippen molar-refractivity contribution in [1.29, 1.82) is 0 Å². The van der Waals surface area contributed by atoms with Gasteiger partial charge in [-0.2, -0.15) is 0 Å². The highest BCUT2D eigenvalue weighted by Gasteiger charge is 2.17. The predicted molar refractivity (Wildman–Crippen MR) is 105 cm³/mol. The molecular weight excluding hydrogens is 374 g/mol. The number of hydrogen-bond acceptors (Lipinski definition) is 4. The Morgan fingerprint density at radius 1 is 1.15 bits per heavy atom. The summed E-state index contributed by atoms with van der Waals surface area (Å²) >= 11 is 0. The first-order valence-corrected chi connectivity index (χ1v) is 10.0. The summed E-state index contributed by atoms with van der Waals surface area (Å²) in [5, 5.41) is 8.02. The number of piperidine rings is 1. The summed E-state index contributed by atoms with van der Waals surface area (Å²) in [6.45, 7) is 1.84. The summed E-state index contributed by atoms with van der Waals surface area (Å²) in [5.41, 5.74) is 0. The average molecular weight is 398 g/mol. The van der Waals surface area contributed by atoms with E-state index in [-0.39, 0.29) is 42.2 Å². The third kappa shape index (κ3) is 5.41. The van der Waals surface area contributed by atoms with E-state index in [1.165, 1.54) is 0 Å². The van der Waals surface area contributed by atoms with Crippen molar-refractivity contribution in [3.63, 3.8) is 0 Å². The van der Waals surface area contributed by atoms with E-state index in [1.807, 2.05) is 24.3 Å². The van der Waals surface area contributed by atoms with Crippen LogP contribution in [0.4, 0.5) is 0 Å². The number of carbonyl (C=O) groups is 1. The third-order valence-electron chi connectivity index (χ3n) is 4.34. The van der Waals surface area contributed by atoms with Crippen molar-refractivity contribution < 1.29 is 13.2 Å². The molecule has 2 aromatic carbocycles. The molecule has 0 spiro atoms. The van der Waals surface area contributed by atoms with Gasteiger partial charge >= 0.3 is 0 Å². The third-order valence-corrected chi connectivity index (χ3v) is 5.80. The molecule has 1 fully saturated rings. The molecule has 0 bridgehead atoms. The van der Waals surface area contributed by atoms with Gasteiger partial charge in [-0.3, -0.25) is 4.79 Å². The number of amides is 1. The molecule has 1 saturated heterocycles. The van der Waals surface area contributed by atoms with Crippen LogP contribution in [0.2, 0.25) is 0 Å². The highest BCUT2D eigenvalue weighted by molar-refractivity contribution is 7.89. The van der Waals surface area contributed by atoms with E-state index in [0.717, 1.165) is 36.7 Å². The Hall–Kier alpha value is -1.67. The first kappa shape index (κ1) is 20.6. The number of hydrogen-bond donors (Lipinski definition) is 3. The number of carbonyl (C=O) groups excluding carboxylic acids is 1. The molecule has 0 saturated carbocycles. The van der Waals surface area contributed by atoms with Crippen LogP contribution in [-0.4, -0.2) is 40.0 Å². The van der Waals surface area contributed by atoms with Crippen LogP contribution in [0.1, 0.15) is 19.3 Å². The first-order valence-electron chi connectivity index (χ1n) is 8.53. The predicted octanol–water partition coefficient (Wildman–Crippen LogP) is 1.80. The van der Waals surface area contributed by atoms with Crippen molar-refractivity contribution in [3.8, 4) is 0 Å². The molecule has 1 unspecified atom stereocenters. The van der Waals surface area contributed by atoms with Crippen molar-refractivity contribution in [1.82, 2.24) is 15.4 Å². The Morgan fingerprint density at radius 2 is 1.92 bits per heavy atom. The second-order valence-electron chi connectivity index (χ2n) is 6.27. The molecule has 8 heteroatoms. The van der Waals surface area contributed by atoms with Crippen LogP contribution in [0.25, 0.3) is 10.8 Å². The largest absolute Gasteiger partial charge is 0.352 e. The molecule has 2 aromatic rings. The minimum absolute atomic E-state index is 0. The van der Waals surface area contributed by atoms with Crippen LogP contribution in [0.5, 0.6) is 0 Å². The lowest BCUT2D eigenvalue weighted by atomic mass is 10.1. The zero-order chi connectivity index (χ0) is 17.7. The summed E-state index contributed by atoms with van der Waals surface area (Å²) in [5.74, 6) is -0.130. The molecule has 26 heavy (non-hydrogen) atoms. The fourth-order valence-corrected chi connectivity index (χ4v) is 4.06. The molecule has 1 aliphatic heterocycles. The SMILES string of the molecule is Cl.O=C(CCNS(=O)(=O)c1ccc2ccccc2c1)NC1CCCNC1. The number of sulfonamides is 1. The van der Waals surface area contributed by atoms with Crippen LogP contribution >= 0.6 is 12.4 Å². The lowest BCUT2D eigenvalue weighted by Crippen LogP contribution is -2.46. The molecule has 1 aliphatic rings. The van der Waals surface area contributed by atoms with Crippen LogP contribution in [0, 0.1) is 0 Å². The minimum Gasteiger partial charge on any atom is -0.352 e. The number of nitrogens with one attached hydrogen (secondary N) is 3. The molecule has 1 atom stereocenters. The molecule has 3 N–H and O–H groups in total. The van der Waals surface area contributed by atoms with E-state index in [2.05, 4.69) is 15.4 Å². The maximum Gasteiger partial charge on any atom is 0.240 e. The van der Waals surface area contributed by atoms with Crippen molar-refractivity contribution in [2.45, 2.75) is 30.2 Å². The van der Waals surface area contributed by atoms with E-state index in [0.29, 0.717) is 0 Å². The Labute approximate surface area is 160 Å². The second-order valence-corrected chi connectivity index (χ2v) is 8.03. The van der Waals surface area contributed by atoms with Gasteiger partial charge in [-0.25, -0.2) is 13.1 Å². The lowest BCUT2D eigenvalue weighted by Gasteiger charge is -2.23. The van der Waals surface area contributed by atoms with E-state index >= 15 is 0 Å². The summed E-state index contributed by atoms with van der Waals surface area (Å²) < 4.78 is 27.3. The van der Waals surface area contributed by atoms with E-state index in [9.17, 15) is 13.2 Å². The molecule has 6 nitrogen and oxygen atoms in total. The highest BCUT2D eigenvalue weighted by atomic mass is 35.5. The van der Waals surface area contributed by atoms with Crippen LogP contribution in [-0.2, 0) is 14.8 Å². The van der Waals surface area contributed by atoms with Gasteiger partial charge < -0.3 is 10.6 Å². The fourth-order valence-electron chi connectivity index (χ4n) is 2.99. The number of halogens is 1. The normalized spacial score (nSPS) is 17.5. The Morgan fingerprint density at radius 3 is 2.65 bits per heavy atom. The first-order chi connectivity index (χ1) is 12.0. The maximum atomic E-state index is 12.4. The molecule has 1 amide bonds. The summed E-state index contributed by atoms with van der Waals surface area (Å²) in [6, 6.07) is 12.7. The Kier molecular flexibility index (Phi) is 7.40. The van der Waals surface area contributed by atoms with Gasteiger partial charge in [0, 0.05) is 25.6 Å². The van der Waals surface area contributed by atoms with Gasteiger partial charge in [0.05, 0.1) is 4.90 Å². The minimum atomic E-state index is -3.62. The van der Waals surface area contributed by atoms with Crippen LogP contribution < -0.4 is 15.4 Å². The number of rotatable bonds is 6. The second kappa shape index (κ2) is 9.32. The average Bonchev–Trinajstić information content (AvgIpc) is 2.62. The van der Waals surface area contributed by atoms with Crippen molar-refractivity contribution in [3.05, 3.63) is 42.5 Å². The quantitative estimate of drug-likeness (QED) is 0.693. The summed E-state index contributed by atoms with van der Waals surface area (Å²) in [4.78, 5) is 12.1. The molecule has 0 aliphatic carbocycles. The Balaban J connectivity index is 0.00000243. The van der Waals surface area contributed by atoms with Gasteiger partial charge in [0.25, 0.3) is 0 Å². The van der Waals surface area contributed by atoms with Gasteiger partial charge in [0.2, 0.25) is 15.9 Å². The lowest BCUT2D eigenvalue weighted by molar-refractivity contribution is -0.121. The van der Waals surface area contributed by atoms with Crippen molar-refractivity contribution in [2.24, 2.45) is 0 Å². The topological polar surface area (TPSA) is 87.3 Å². The monoisotopic (exact) mass is 397 g/mol. The molecule has 142 valence electrons. The van der Waals surface area contributed by atoms with Crippen LogP contribution in [0.15, 0.2) is 47.4 Å².